The van der Waals surface area contributed by atoms with E-state index < -0.39 is 0 Å². The Morgan fingerprint density at radius 2 is 2.23 bits per heavy atom. The van der Waals surface area contributed by atoms with Gasteiger partial charge in [0.2, 0.25) is 5.91 Å². The lowest BCUT2D eigenvalue weighted by atomic mass is 9.99. The number of carbonyl (C=O) groups is 1. The molecule has 1 unspecified atom stereocenters. The van der Waals surface area contributed by atoms with Gasteiger partial charge in [0.05, 0.1) is 0 Å². The van der Waals surface area contributed by atoms with Gasteiger partial charge in [-0.25, -0.2) is 0 Å². The second-order valence-electron chi connectivity index (χ2n) is 4.14. The third-order valence-electron chi connectivity index (χ3n) is 3.08. The molecule has 1 heterocycles. The summed E-state index contributed by atoms with van der Waals surface area (Å²) in [6.45, 7) is 2.03. The molecule has 74 valence electrons. The molecule has 3 nitrogen and oxygen atoms in total. The third-order valence-corrected chi connectivity index (χ3v) is 3.08. The Bertz CT molecular complexity index is 201. The van der Waals surface area contributed by atoms with Crippen LogP contribution in [0.1, 0.15) is 25.7 Å². The molecule has 2 rings (SSSR count). The van der Waals surface area contributed by atoms with Gasteiger partial charge in [-0.3, -0.25) is 4.79 Å². The summed E-state index contributed by atoms with van der Waals surface area (Å²) in [6, 6.07) is 0.542. The molecule has 2 aliphatic rings. The fraction of sp³-hybridized carbons (Fsp3) is 0.900. The number of amides is 1. The maximum absolute atomic E-state index is 11.7. The number of nitrogens with zero attached hydrogens (tertiary/aromatic N) is 1. The van der Waals surface area contributed by atoms with Crippen LogP contribution in [0.2, 0.25) is 0 Å². The van der Waals surface area contributed by atoms with Crippen LogP contribution in [0.25, 0.3) is 0 Å². The average molecular weight is 182 g/mol. The summed E-state index contributed by atoms with van der Waals surface area (Å²) in [5, 5.41) is 3.13. The highest BCUT2D eigenvalue weighted by atomic mass is 16.2. The number of hydrogen-bond donors (Lipinski definition) is 1. The molecule has 1 amide bonds. The van der Waals surface area contributed by atoms with Crippen LogP contribution in [-0.2, 0) is 4.79 Å². The Morgan fingerprint density at radius 1 is 1.46 bits per heavy atom. The standard InChI is InChI=1S/C10H18N2O/c1-11-6-4-9-5-7-12(9)10(13)8-2-3-8/h8-9,11H,2-7H2,1H3. The molecule has 1 atom stereocenters. The first-order chi connectivity index (χ1) is 6.33. The average Bonchev–Trinajstić information content (AvgIpc) is 2.85. The van der Waals surface area contributed by atoms with Crippen LogP contribution in [0.4, 0.5) is 0 Å². The van der Waals surface area contributed by atoms with Gasteiger partial charge in [0.25, 0.3) is 0 Å². The summed E-state index contributed by atoms with van der Waals surface area (Å²) in [6.07, 6.45) is 4.59. The highest BCUT2D eigenvalue weighted by Crippen LogP contribution is 2.34. The third kappa shape index (κ3) is 1.85. The van der Waals surface area contributed by atoms with Gasteiger partial charge < -0.3 is 10.2 Å². The maximum atomic E-state index is 11.7. The van der Waals surface area contributed by atoms with Gasteiger partial charge in [-0.05, 0) is 39.3 Å². The van der Waals surface area contributed by atoms with Crippen LogP contribution < -0.4 is 5.32 Å². The van der Waals surface area contributed by atoms with E-state index in [0.29, 0.717) is 17.9 Å². The van der Waals surface area contributed by atoms with Gasteiger partial charge >= 0.3 is 0 Å². The van der Waals surface area contributed by atoms with Crippen LogP contribution in [0.3, 0.4) is 0 Å². The maximum Gasteiger partial charge on any atom is 0.225 e. The number of carbonyl (C=O) groups excluding carboxylic acids is 1. The number of likely N-dealkylation sites (tertiary alicyclic amines) is 1. The fourth-order valence-electron chi connectivity index (χ4n) is 1.91. The Kier molecular flexibility index (Phi) is 2.54. The molecule has 1 aliphatic heterocycles. The monoisotopic (exact) mass is 182 g/mol. The van der Waals surface area contributed by atoms with Crippen molar-refractivity contribution in [3.63, 3.8) is 0 Å². The van der Waals surface area contributed by atoms with Crippen molar-refractivity contribution < 1.29 is 4.79 Å². The molecule has 0 aromatic carbocycles. The van der Waals surface area contributed by atoms with Gasteiger partial charge in [-0.1, -0.05) is 0 Å². The van der Waals surface area contributed by atoms with E-state index in [1.807, 2.05) is 7.05 Å². The molecule has 0 aromatic rings. The number of nitrogens with one attached hydrogen (secondary N) is 1. The molecule has 2 fully saturated rings. The normalized spacial score (nSPS) is 27.2. The van der Waals surface area contributed by atoms with E-state index in [-0.39, 0.29) is 0 Å². The van der Waals surface area contributed by atoms with Crippen molar-refractivity contribution in [2.75, 3.05) is 20.1 Å². The Balaban J connectivity index is 1.76. The van der Waals surface area contributed by atoms with Gasteiger partial charge in [0, 0.05) is 18.5 Å². The van der Waals surface area contributed by atoms with Crippen molar-refractivity contribution >= 4 is 5.91 Å². The molecule has 1 N–H and O–H groups in total. The first-order valence-corrected chi connectivity index (χ1v) is 5.28. The second-order valence-corrected chi connectivity index (χ2v) is 4.14. The van der Waals surface area contributed by atoms with Crippen molar-refractivity contribution in [1.82, 2.24) is 10.2 Å². The minimum atomic E-state index is 0.400. The largest absolute Gasteiger partial charge is 0.339 e. The predicted molar refractivity (Wildman–Crippen MR) is 51.4 cm³/mol. The zero-order valence-electron chi connectivity index (χ0n) is 8.25. The summed E-state index contributed by atoms with van der Waals surface area (Å²) in [7, 11) is 1.96. The van der Waals surface area contributed by atoms with Gasteiger partial charge in [-0.2, -0.15) is 0 Å². The molecule has 13 heavy (non-hydrogen) atoms. The van der Waals surface area contributed by atoms with Crippen molar-refractivity contribution in [2.45, 2.75) is 31.7 Å². The smallest absolute Gasteiger partial charge is 0.225 e. The molecule has 0 bridgehead atoms. The quantitative estimate of drug-likeness (QED) is 0.691. The van der Waals surface area contributed by atoms with Crippen LogP contribution in [0.5, 0.6) is 0 Å². The first kappa shape index (κ1) is 9.00. The van der Waals surface area contributed by atoms with E-state index in [2.05, 4.69) is 10.2 Å². The lowest BCUT2D eigenvalue weighted by Crippen LogP contribution is -2.52. The Labute approximate surface area is 79.5 Å². The zero-order chi connectivity index (χ0) is 9.26. The van der Waals surface area contributed by atoms with Crippen molar-refractivity contribution in [3.8, 4) is 0 Å². The zero-order valence-corrected chi connectivity index (χ0v) is 8.25. The van der Waals surface area contributed by atoms with Gasteiger partial charge in [0.1, 0.15) is 0 Å². The van der Waals surface area contributed by atoms with E-state index in [9.17, 15) is 4.79 Å². The first-order valence-electron chi connectivity index (χ1n) is 5.28. The molecule has 1 aliphatic carbocycles. The van der Waals surface area contributed by atoms with E-state index in [4.69, 9.17) is 0 Å². The minimum Gasteiger partial charge on any atom is -0.339 e. The van der Waals surface area contributed by atoms with E-state index in [0.717, 1.165) is 32.4 Å². The molecule has 1 saturated carbocycles. The molecule has 1 saturated heterocycles. The van der Waals surface area contributed by atoms with Crippen molar-refractivity contribution in [1.29, 1.82) is 0 Å². The fourth-order valence-corrected chi connectivity index (χ4v) is 1.91. The predicted octanol–water partition coefficient (Wildman–Crippen LogP) is 0.607. The highest BCUT2D eigenvalue weighted by Gasteiger charge is 2.39. The minimum absolute atomic E-state index is 0.400. The van der Waals surface area contributed by atoms with Crippen LogP contribution in [0.15, 0.2) is 0 Å². The SMILES string of the molecule is CNCCC1CCN1C(=O)C1CC1. The Hall–Kier alpha value is -0.570. The lowest BCUT2D eigenvalue weighted by Gasteiger charge is -2.41. The summed E-state index contributed by atoms with van der Waals surface area (Å²) in [5.74, 6) is 0.824. The molecule has 3 heteroatoms. The van der Waals surface area contributed by atoms with E-state index in [1.54, 1.807) is 0 Å². The molecular weight excluding hydrogens is 164 g/mol. The van der Waals surface area contributed by atoms with Crippen LogP contribution >= 0.6 is 0 Å². The summed E-state index contributed by atoms with van der Waals surface area (Å²) >= 11 is 0. The van der Waals surface area contributed by atoms with E-state index >= 15 is 0 Å². The van der Waals surface area contributed by atoms with Crippen molar-refractivity contribution in [3.05, 3.63) is 0 Å². The van der Waals surface area contributed by atoms with Gasteiger partial charge in [0.15, 0.2) is 0 Å². The molecule has 0 aromatic heterocycles. The number of hydrogen-bond acceptors (Lipinski definition) is 2. The molecular formula is C10H18N2O. The Morgan fingerprint density at radius 3 is 2.69 bits per heavy atom. The number of rotatable bonds is 4. The van der Waals surface area contributed by atoms with Gasteiger partial charge in [-0.15, -0.1) is 0 Å². The van der Waals surface area contributed by atoms with Crippen LogP contribution in [0, 0.1) is 5.92 Å². The molecule has 0 spiro atoms. The van der Waals surface area contributed by atoms with E-state index in [1.165, 1.54) is 6.42 Å². The summed E-state index contributed by atoms with van der Waals surface area (Å²) in [4.78, 5) is 13.7. The summed E-state index contributed by atoms with van der Waals surface area (Å²) in [5.41, 5.74) is 0. The van der Waals surface area contributed by atoms with Crippen molar-refractivity contribution in [2.24, 2.45) is 5.92 Å². The second kappa shape index (κ2) is 3.66. The lowest BCUT2D eigenvalue weighted by molar-refractivity contribution is -0.140. The highest BCUT2D eigenvalue weighted by molar-refractivity contribution is 5.82. The summed E-state index contributed by atoms with van der Waals surface area (Å²) < 4.78 is 0. The molecule has 0 radical (unpaired) electrons. The van der Waals surface area contributed by atoms with Crippen LogP contribution in [-0.4, -0.2) is 37.0 Å². The topological polar surface area (TPSA) is 32.3 Å².